The van der Waals surface area contributed by atoms with Crippen LogP contribution in [0.3, 0.4) is 0 Å². The van der Waals surface area contributed by atoms with E-state index < -0.39 is 23.3 Å². The number of aromatic nitrogens is 1. The smallest absolute Gasteiger partial charge is 0.308 e. The number of rotatable bonds is 2. The number of amides is 1. The van der Waals surface area contributed by atoms with Gasteiger partial charge >= 0.3 is 5.97 Å². The average molecular weight is 451 g/mol. The first-order chi connectivity index (χ1) is 15.5. The van der Waals surface area contributed by atoms with E-state index in [0.717, 1.165) is 16.0 Å². The second-order valence-corrected chi connectivity index (χ2v) is 8.45. The summed E-state index contributed by atoms with van der Waals surface area (Å²) in [4.78, 5) is 37.7. The van der Waals surface area contributed by atoms with E-state index in [1.165, 1.54) is 29.9 Å². The van der Waals surface area contributed by atoms with Crippen molar-refractivity contribution in [2.75, 3.05) is 11.7 Å². The van der Waals surface area contributed by atoms with Gasteiger partial charge in [0.25, 0.3) is 5.91 Å². The summed E-state index contributed by atoms with van der Waals surface area (Å²) in [6, 6.07) is 13.6. The Morgan fingerprint density at radius 2 is 1.91 bits per heavy atom. The highest BCUT2D eigenvalue weighted by Gasteiger charge is 2.36. The van der Waals surface area contributed by atoms with Gasteiger partial charge in [0.05, 0.1) is 6.04 Å². The maximum atomic E-state index is 14.8. The summed E-state index contributed by atoms with van der Waals surface area (Å²) >= 11 is 1.55. The molecule has 0 fully saturated rings. The molecule has 0 spiro atoms. The normalized spacial score (nSPS) is 16.9. The number of carbonyl (C=O) groups is 2. The number of ether oxygens (including phenoxy) is 1. The molecule has 1 aromatic heterocycles. The number of esters is 1. The number of nitrogens with zero attached hydrogens (tertiary/aromatic N) is 2. The fourth-order valence-electron chi connectivity index (χ4n) is 4.16. The van der Waals surface area contributed by atoms with E-state index in [1.54, 1.807) is 17.8 Å². The zero-order valence-electron chi connectivity index (χ0n) is 17.0. The molecule has 0 radical (unpaired) electrons. The minimum atomic E-state index is -0.704. The molecular formula is C23H18FN3O4S. The van der Waals surface area contributed by atoms with E-state index in [-0.39, 0.29) is 23.9 Å². The van der Waals surface area contributed by atoms with Gasteiger partial charge in [0.2, 0.25) is 11.2 Å². The highest BCUT2D eigenvalue weighted by molar-refractivity contribution is 7.98. The molecule has 2 aliphatic heterocycles. The van der Waals surface area contributed by atoms with Crippen LogP contribution in [0.5, 0.6) is 5.75 Å². The quantitative estimate of drug-likeness (QED) is 0.604. The van der Waals surface area contributed by atoms with E-state index in [9.17, 15) is 18.8 Å². The van der Waals surface area contributed by atoms with E-state index in [0.29, 0.717) is 11.3 Å². The third-order valence-corrected chi connectivity index (χ3v) is 6.62. The van der Waals surface area contributed by atoms with E-state index in [4.69, 9.17) is 4.74 Å². The molecule has 2 aromatic carbocycles. The minimum absolute atomic E-state index is 0.0775. The first-order valence-corrected chi connectivity index (χ1v) is 10.9. The number of fused-ring (bicyclic) bond motifs is 3. The third-order valence-electron chi connectivity index (χ3n) is 5.51. The maximum absolute atomic E-state index is 14.8. The Labute approximate surface area is 186 Å². The van der Waals surface area contributed by atoms with Crippen LogP contribution in [0, 0.1) is 5.82 Å². The average Bonchev–Trinajstić information content (AvgIpc) is 2.93. The summed E-state index contributed by atoms with van der Waals surface area (Å²) in [5, 5.41) is 4.58. The van der Waals surface area contributed by atoms with Crippen LogP contribution in [0.1, 0.15) is 40.1 Å². The van der Waals surface area contributed by atoms with Crippen molar-refractivity contribution < 1.29 is 18.7 Å². The molecular weight excluding hydrogens is 433 g/mol. The lowest BCUT2D eigenvalue weighted by Gasteiger charge is -2.40. The van der Waals surface area contributed by atoms with Gasteiger partial charge in [0.15, 0.2) is 5.69 Å². The molecule has 2 aliphatic rings. The Bertz CT molecular complexity index is 1320. The van der Waals surface area contributed by atoms with E-state index >= 15 is 0 Å². The summed E-state index contributed by atoms with van der Waals surface area (Å²) in [5.74, 6) is -1.41. The van der Waals surface area contributed by atoms with Gasteiger partial charge in [-0.2, -0.15) is 0 Å². The first kappa shape index (κ1) is 20.3. The zero-order valence-corrected chi connectivity index (χ0v) is 17.8. The summed E-state index contributed by atoms with van der Waals surface area (Å²) in [6.45, 7) is 1.27. The molecule has 162 valence electrons. The second kappa shape index (κ2) is 7.83. The third kappa shape index (κ3) is 3.25. The molecule has 5 rings (SSSR count). The molecule has 1 N–H and O–H groups in total. The van der Waals surface area contributed by atoms with Crippen molar-refractivity contribution in [3.63, 3.8) is 0 Å². The fourth-order valence-corrected chi connectivity index (χ4v) is 5.29. The van der Waals surface area contributed by atoms with Gasteiger partial charge in [-0.1, -0.05) is 30.3 Å². The Kier molecular flexibility index (Phi) is 4.97. The van der Waals surface area contributed by atoms with Crippen molar-refractivity contribution in [1.82, 2.24) is 9.99 Å². The Hall–Kier alpha value is -3.59. The second-order valence-electron chi connectivity index (χ2n) is 7.44. The lowest BCUT2D eigenvalue weighted by atomic mass is 9.94. The minimum Gasteiger partial charge on any atom is -0.420 e. The largest absolute Gasteiger partial charge is 0.420 e. The highest BCUT2D eigenvalue weighted by atomic mass is 32.2. The molecule has 1 atom stereocenters. The summed E-state index contributed by atoms with van der Waals surface area (Å²) in [6.07, 6.45) is 1.48. The van der Waals surface area contributed by atoms with Gasteiger partial charge in [0.1, 0.15) is 12.5 Å². The van der Waals surface area contributed by atoms with Crippen molar-refractivity contribution in [2.45, 2.75) is 23.6 Å². The number of benzene rings is 2. The van der Waals surface area contributed by atoms with Gasteiger partial charge in [-0.15, -0.1) is 11.8 Å². The SMILES string of the molecule is CC(=O)Oc1c2n(ccc1=O)N([C@H]1c3ccccc3SCc3c(F)cccc31)CNC2=O. The van der Waals surface area contributed by atoms with Crippen LogP contribution in [0.25, 0.3) is 0 Å². The van der Waals surface area contributed by atoms with Gasteiger partial charge < -0.3 is 10.1 Å². The highest BCUT2D eigenvalue weighted by Crippen LogP contribution is 2.43. The Morgan fingerprint density at radius 1 is 1.12 bits per heavy atom. The number of carbonyl (C=O) groups excluding carboxylic acids is 2. The summed E-state index contributed by atoms with van der Waals surface area (Å²) < 4.78 is 21.5. The van der Waals surface area contributed by atoms with Crippen molar-refractivity contribution in [2.24, 2.45) is 0 Å². The van der Waals surface area contributed by atoms with Crippen LogP contribution in [0.4, 0.5) is 4.39 Å². The number of thioether (sulfide) groups is 1. The number of halogens is 1. The fraction of sp³-hybridized carbons (Fsp3) is 0.174. The van der Waals surface area contributed by atoms with Crippen molar-refractivity contribution in [3.8, 4) is 5.75 Å². The molecule has 3 aromatic rings. The van der Waals surface area contributed by atoms with Crippen LogP contribution in [0.2, 0.25) is 0 Å². The molecule has 3 heterocycles. The Balaban J connectivity index is 1.76. The summed E-state index contributed by atoms with van der Waals surface area (Å²) in [7, 11) is 0. The molecule has 7 nitrogen and oxygen atoms in total. The van der Waals surface area contributed by atoms with Gasteiger partial charge in [-0.25, -0.2) is 4.39 Å². The van der Waals surface area contributed by atoms with Crippen LogP contribution in [0.15, 0.2) is 64.4 Å². The summed E-state index contributed by atoms with van der Waals surface area (Å²) in [5.41, 5.74) is 1.63. The lowest BCUT2D eigenvalue weighted by Crippen LogP contribution is -2.54. The monoisotopic (exact) mass is 451 g/mol. The zero-order chi connectivity index (χ0) is 22.4. The number of hydrogen-bond donors (Lipinski definition) is 1. The van der Waals surface area contributed by atoms with Gasteiger partial charge in [-0.3, -0.25) is 24.1 Å². The van der Waals surface area contributed by atoms with E-state index in [1.807, 2.05) is 35.3 Å². The molecule has 32 heavy (non-hydrogen) atoms. The molecule has 1 amide bonds. The van der Waals surface area contributed by atoms with Crippen LogP contribution in [-0.2, 0) is 10.5 Å². The molecule has 0 bridgehead atoms. The van der Waals surface area contributed by atoms with Crippen LogP contribution in [-0.4, -0.2) is 23.2 Å². The van der Waals surface area contributed by atoms with Crippen LogP contribution < -0.4 is 20.5 Å². The standard InChI is InChI=1S/C23H18FN3O4S/c1-13(28)31-22-18(29)9-10-26-21(22)23(30)25-12-27(26)20-14-6-4-7-17(24)16(14)11-32-19-8-3-2-5-15(19)20/h2-10,20H,11-12H2,1H3,(H,25,30)/t20-/m1/s1. The predicted molar refractivity (Wildman–Crippen MR) is 117 cm³/mol. The molecule has 0 saturated carbocycles. The lowest BCUT2D eigenvalue weighted by molar-refractivity contribution is -0.132. The van der Waals surface area contributed by atoms with Gasteiger partial charge in [-0.05, 0) is 23.3 Å². The number of pyridine rings is 1. The van der Waals surface area contributed by atoms with Crippen molar-refractivity contribution in [1.29, 1.82) is 0 Å². The van der Waals surface area contributed by atoms with Gasteiger partial charge in [0, 0.05) is 35.4 Å². The van der Waals surface area contributed by atoms with E-state index in [2.05, 4.69) is 5.32 Å². The van der Waals surface area contributed by atoms with Crippen molar-refractivity contribution >= 4 is 23.6 Å². The van der Waals surface area contributed by atoms with Crippen molar-refractivity contribution in [3.05, 3.63) is 93.2 Å². The predicted octanol–water partition coefficient (Wildman–Crippen LogP) is 2.95. The maximum Gasteiger partial charge on any atom is 0.308 e. The first-order valence-electron chi connectivity index (χ1n) is 9.94. The Morgan fingerprint density at radius 3 is 2.72 bits per heavy atom. The molecule has 0 aliphatic carbocycles. The number of hydrogen-bond acceptors (Lipinski definition) is 6. The number of nitrogens with one attached hydrogen (secondary N) is 1. The molecule has 9 heteroatoms. The molecule has 0 saturated heterocycles. The molecule has 0 unspecified atom stereocenters. The topological polar surface area (TPSA) is 80.6 Å². The van der Waals surface area contributed by atoms with Crippen LogP contribution >= 0.6 is 11.8 Å².